The van der Waals surface area contributed by atoms with E-state index in [-0.39, 0.29) is 18.0 Å². The van der Waals surface area contributed by atoms with Crippen molar-refractivity contribution < 1.29 is 15.1 Å². The number of nitro groups is 1. The third-order valence-corrected chi connectivity index (χ3v) is 1.61. The quantitative estimate of drug-likeness (QED) is 0.376. The normalized spacial score (nSPS) is 9.79. The SMILES string of the molecule is O=[N+]([O-])c1cc(NCCO)ccc1O. The minimum atomic E-state index is -0.667. The molecular weight excluding hydrogens is 188 g/mol. The van der Waals surface area contributed by atoms with Crippen molar-refractivity contribution in [3.05, 3.63) is 28.3 Å². The van der Waals surface area contributed by atoms with Gasteiger partial charge in [-0.3, -0.25) is 10.1 Å². The Morgan fingerprint density at radius 1 is 1.50 bits per heavy atom. The number of nitrogens with zero attached hydrogens (tertiary/aromatic N) is 1. The highest BCUT2D eigenvalue weighted by molar-refractivity contribution is 5.57. The number of benzene rings is 1. The summed E-state index contributed by atoms with van der Waals surface area (Å²) in [5, 5.41) is 30.8. The fourth-order valence-electron chi connectivity index (χ4n) is 0.980. The Labute approximate surface area is 80.0 Å². The lowest BCUT2D eigenvalue weighted by molar-refractivity contribution is -0.385. The van der Waals surface area contributed by atoms with E-state index in [0.29, 0.717) is 12.2 Å². The Hall–Kier alpha value is -1.82. The molecule has 76 valence electrons. The van der Waals surface area contributed by atoms with Gasteiger partial charge in [0.25, 0.3) is 0 Å². The number of phenolic OH excluding ortho intramolecular Hbond substituents is 1. The molecule has 0 spiro atoms. The molecule has 0 amide bonds. The van der Waals surface area contributed by atoms with Gasteiger partial charge in [0.1, 0.15) is 0 Å². The van der Waals surface area contributed by atoms with E-state index in [1.807, 2.05) is 0 Å². The van der Waals surface area contributed by atoms with Crippen molar-refractivity contribution in [2.75, 3.05) is 18.5 Å². The molecule has 0 saturated carbocycles. The second-order valence-corrected chi connectivity index (χ2v) is 2.61. The van der Waals surface area contributed by atoms with E-state index in [4.69, 9.17) is 10.2 Å². The van der Waals surface area contributed by atoms with Gasteiger partial charge in [0, 0.05) is 18.3 Å². The number of nitrogens with one attached hydrogen (secondary N) is 1. The molecule has 1 rings (SSSR count). The number of anilines is 1. The summed E-state index contributed by atoms with van der Waals surface area (Å²) in [6, 6.07) is 3.95. The number of hydrogen-bond donors (Lipinski definition) is 3. The monoisotopic (exact) mass is 198 g/mol. The van der Waals surface area contributed by atoms with Gasteiger partial charge < -0.3 is 15.5 Å². The summed E-state index contributed by atoms with van der Waals surface area (Å²) in [5.74, 6) is -0.371. The molecule has 0 saturated heterocycles. The first-order chi connectivity index (χ1) is 6.65. The molecule has 1 aromatic carbocycles. The number of aliphatic hydroxyl groups excluding tert-OH is 1. The van der Waals surface area contributed by atoms with Crippen LogP contribution in [0.5, 0.6) is 5.75 Å². The highest BCUT2D eigenvalue weighted by atomic mass is 16.6. The summed E-state index contributed by atoms with van der Waals surface area (Å²) in [6.07, 6.45) is 0. The van der Waals surface area contributed by atoms with E-state index in [1.54, 1.807) is 0 Å². The molecule has 0 aliphatic heterocycles. The van der Waals surface area contributed by atoms with Crippen LogP contribution in [0, 0.1) is 10.1 Å². The highest BCUT2D eigenvalue weighted by Gasteiger charge is 2.12. The van der Waals surface area contributed by atoms with Crippen molar-refractivity contribution in [3.63, 3.8) is 0 Å². The Bertz CT molecular complexity index is 340. The molecular formula is C8H10N2O4. The Morgan fingerprint density at radius 3 is 2.79 bits per heavy atom. The van der Waals surface area contributed by atoms with Crippen LogP contribution in [0.4, 0.5) is 11.4 Å². The fraction of sp³-hybridized carbons (Fsp3) is 0.250. The molecule has 1 aromatic rings. The zero-order valence-electron chi connectivity index (χ0n) is 7.30. The van der Waals surface area contributed by atoms with Crippen LogP contribution in [0.25, 0.3) is 0 Å². The topological polar surface area (TPSA) is 95.6 Å². The van der Waals surface area contributed by atoms with Gasteiger partial charge in [0.05, 0.1) is 11.5 Å². The van der Waals surface area contributed by atoms with E-state index < -0.39 is 4.92 Å². The van der Waals surface area contributed by atoms with Gasteiger partial charge in [-0.15, -0.1) is 0 Å². The van der Waals surface area contributed by atoms with Gasteiger partial charge in [-0.2, -0.15) is 0 Å². The molecule has 14 heavy (non-hydrogen) atoms. The van der Waals surface area contributed by atoms with Crippen LogP contribution in [-0.4, -0.2) is 28.3 Å². The van der Waals surface area contributed by atoms with Crippen LogP contribution in [-0.2, 0) is 0 Å². The van der Waals surface area contributed by atoms with Gasteiger partial charge in [-0.05, 0) is 12.1 Å². The maximum Gasteiger partial charge on any atom is 0.312 e. The maximum atomic E-state index is 10.4. The predicted octanol–water partition coefficient (Wildman–Crippen LogP) is 0.705. The van der Waals surface area contributed by atoms with Crippen molar-refractivity contribution >= 4 is 11.4 Å². The minimum absolute atomic E-state index is 0.0608. The van der Waals surface area contributed by atoms with E-state index in [9.17, 15) is 10.1 Å². The standard InChI is InChI=1S/C8H10N2O4/c11-4-3-9-6-1-2-8(12)7(5-6)10(13)14/h1-2,5,9,11-12H,3-4H2. The lowest BCUT2D eigenvalue weighted by Crippen LogP contribution is -2.05. The summed E-state index contributed by atoms with van der Waals surface area (Å²) in [6.45, 7) is 0.247. The molecule has 6 nitrogen and oxygen atoms in total. The summed E-state index contributed by atoms with van der Waals surface area (Å²) < 4.78 is 0. The Morgan fingerprint density at radius 2 is 2.21 bits per heavy atom. The van der Waals surface area contributed by atoms with Crippen LogP contribution >= 0.6 is 0 Å². The smallest absolute Gasteiger partial charge is 0.312 e. The summed E-state index contributed by atoms with van der Waals surface area (Å²) in [4.78, 5) is 9.75. The predicted molar refractivity (Wildman–Crippen MR) is 50.3 cm³/mol. The average molecular weight is 198 g/mol. The van der Waals surface area contributed by atoms with Crippen LogP contribution < -0.4 is 5.32 Å². The lowest BCUT2D eigenvalue weighted by Gasteiger charge is -2.04. The third-order valence-electron chi connectivity index (χ3n) is 1.61. The van der Waals surface area contributed by atoms with Gasteiger partial charge in [0.15, 0.2) is 5.75 Å². The van der Waals surface area contributed by atoms with Crippen molar-refractivity contribution in [1.82, 2.24) is 0 Å². The van der Waals surface area contributed by atoms with Crippen LogP contribution in [0.3, 0.4) is 0 Å². The van der Waals surface area contributed by atoms with Gasteiger partial charge in [0.2, 0.25) is 0 Å². The average Bonchev–Trinajstić information content (AvgIpc) is 2.16. The first-order valence-electron chi connectivity index (χ1n) is 3.97. The highest BCUT2D eigenvalue weighted by Crippen LogP contribution is 2.28. The second kappa shape index (κ2) is 4.43. The first kappa shape index (κ1) is 10.3. The van der Waals surface area contributed by atoms with E-state index in [1.165, 1.54) is 18.2 Å². The van der Waals surface area contributed by atoms with Crippen molar-refractivity contribution in [2.24, 2.45) is 0 Å². The zero-order chi connectivity index (χ0) is 10.6. The molecule has 0 aromatic heterocycles. The van der Waals surface area contributed by atoms with E-state index in [0.717, 1.165) is 0 Å². The molecule has 0 aliphatic rings. The Balaban J connectivity index is 2.89. The second-order valence-electron chi connectivity index (χ2n) is 2.61. The number of nitro benzene ring substituents is 1. The maximum absolute atomic E-state index is 10.4. The van der Waals surface area contributed by atoms with Crippen molar-refractivity contribution in [2.45, 2.75) is 0 Å². The largest absolute Gasteiger partial charge is 0.502 e. The molecule has 0 heterocycles. The summed E-state index contributed by atoms with van der Waals surface area (Å²) in [7, 11) is 0. The first-order valence-corrected chi connectivity index (χ1v) is 3.97. The minimum Gasteiger partial charge on any atom is -0.502 e. The van der Waals surface area contributed by atoms with E-state index in [2.05, 4.69) is 5.32 Å². The summed E-state index contributed by atoms with van der Waals surface area (Å²) >= 11 is 0. The third kappa shape index (κ3) is 2.33. The van der Waals surface area contributed by atoms with Gasteiger partial charge in [-0.25, -0.2) is 0 Å². The number of rotatable bonds is 4. The van der Waals surface area contributed by atoms with Gasteiger partial charge in [-0.1, -0.05) is 0 Å². The van der Waals surface area contributed by atoms with Crippen LogP contribution in [0.2, 0.25) is 0 Å². The Kier molecular flexibility index (Phi) is 3.24. The molecule has 6 heteroatoms. The van der Waals surface area contributed by atoms with Crippen molar-refractivity contribution in [1.29, 1.82) is 0 Å². The molecule has 0 fully saturated rings. The molecule has 0 atom stereocenters. The number of phenols is 1. The summed E-state index contributed by atoms with van der Waals surface area (Å²) in [5.41, 5.74) is 0.136. The van der Waals surface area contributed by atoms with Gasteiger partial charge >= 0.3 is 5.69 Å². The molecule has 0 unspecified atom stereocenters. The van der Waals surface area contributed by atoms with E-state index >= 15 is 0 Å². The fourth-order valence-corrected chi connectivity index (χ4v) is 0.980. The zero-order valence-corrected chi connectivity index (χ0v) is 7.30. The molecule has 0 aliphatic carbocycles. The van der Waals surface area contributed by atoms with Crippen LogP contribution in [0.1, 0.15) is 0 Å². The number of aromatic hydroxyl groups is 1. The molecule has 0 bridgehead atoms. The van der Waals surface area contributed by atoms with Crippen LogP contribution in [0.15, 0.2) is 18.2 Å². The van der Waals surface area contributed by atoms with Crippen molar-refractivity contribution in [3.8, 4) is 5.75 Å². The lowest BCUT2D eigenvalue weighted by atomic mass is 10.2. The molecule has 3 N–H and O–H groups in total. The molecule has 0 radical (unpaired) electrons. The number of aliphatic hydroxyl groups is 1. The number of hydrogen-bond acceptors (Lipinski definition) is 5.